The maximum absolute atomic E-state index is 12.7. The molecule has 0 saturated carbocycles. The first kappa shape index (κ1) is 21.6. The largest absolute Gasteiger partial charge is 0.494 e. The van der Waals surface area contributed by atoms with Gasteiger partial charge in [0, 0.05) is 45.3 Å². The zero-order chi connectivity index (χ0) is 21.7. The van der Waals surface area contributed by atoms with Crippen LogP contribution in [0.15, 0.2) is 35.5 Å². The van der Waals surface area contributed by atoms with Crippen molar-refractivity contribution in [2.45, 2.75) is 19.9 Å². The Kier molecular flexibility index (Phi) is 6.94. The number of rotatable bonds is 6. The maximum Gasteiger partial charge on any atom is 0.338 e. The van der Waals surface area contributed by atoms with E-state index in [1.54, 1.807) is 11.8 Å². The van der Waals surface area contributed by atoms with Gasteiger partial charge in [-0.2, -0.15) is 0 Å². The molecule has 9 nitrogen and oxygen atoms in total. The molecule has 2 N–H and O–H groups in total. The zero-order valence-corrected chi connectivity index (χ0v) is 17.6. The van der Waals surface area contributed by atoms with Crippen molar-refractivity contribution < 1.29 is 23.9 Å². The zero-order valence-electron chi connectivity index (χ0n) is 17.6. The first-order chi connectivity index (χ1) is 14.4. The highest BCUT2D eigenvalue weighted by Gasteiger charge is 2.34. The Bertz CT molecular complexity index is 828. The van der Waals surface area contributed by atoms with E-state index in [-0.39, 0.29) is 11.9 Å². The van der Waals surface area contributed by atoms with Crippen LogP contribution < -0.4 is 15.4 Å². The predicted octanol–water partition coefficient (Wildman–Crippen LogP) is 1.03. The Morgan fingerprint density at radius 1 is 1.13 bits per heavy atom. The van der Waals surface area contributed by atoms with E-state index in [2.05, 4.69) is 15.5 Å². The van der Waals surface area contributed by atoms with Gasteiger partial charge in [-0.05, 0) is 24.6 Å². The summed E-state index contributed by atoms with van der Waals surface area (Å²) in [5, 5.41) is 5.59. The first-order valence-corrected chi connectivity index (χ1v) is 10.0. The molecule has 1 saturated heterocycles. The Balaban J connectivity index is 1.86. The Morgan fingerprint density at radius 3 is 2.37 bits per heavy atom. The topological polar surface area (TPSA) is 100 Å². The molecule has 0 aromatic heterocycles. The van der Waals surface area contributed by atoms with Crippen LogP contribution in [0, 0.1) is 0 Å². The summed E-state index contributed by atoms with van der Waals surface area (Å²) in [7, 11) is 1.32. The summed E-state index contributed by atoms with van der Waals surface area (Å²) in [6, 6.07) is 6.26. The van der Waals surface area contributed by atoms with Crippen LogP contribution in [0.1, 0.15) is 25.5 Å². The molecule has 3 amide bonds. The highest BCUT2D eigenvalue weighted by molar-refractivity contribution is 5.95. The van der Waals surface area contributed by atoms with Crippen molar-refractivity contribution in [3.05, 3.63) is 41.1 Å². The van der Waals surface area contributed by atoms with Gasteiger partial charge in [-0.1, -0.05) is 12.1 Å². The van der Waals surface area contributed by atoms with Gasteiger partial charge in [0.05, 0.1) is 25.3 Å². The van der Waals surface area contributed by atoms with E-state index in [9.17, 15) is 14.4 Å². The SMILES string of the molecule is CCOc1ccc(C2NC(=O)NC(CN3CCN(C(C)=O)CC3)=C2C(=O)OC)cc1. The van der Waals surface area contributed by atoms with E-state index in [0.717, 1.165) is 5.56 Å². The van der Waals surface area contributed by atoms with Crippen molar-refractivity contribution in [2.24, 2.45) is 0 Å². The highest BCUT2D eigenvalue weighted by atomic mass is 16.5. The normalized spacial score (nSPS) is 19.8. The third-order valence-electron chi connectivity index (χ3n) is 5.28. The molecule has 0 aliphatic carbocycles. The van der Waals surface area contributed by atoms with Crippen molar-refractivity contribution in [3.8, 4) is 5.75 Å². The molecule has 2 heterocycles. The van der Waals surface area contributed by atoms with Crippen LogP contribution in [-0.2, 0) is 14.3 Å². The molecule has 1 aromatic carbocycles. The van der Waals surface area contributed by atoms with Crippen LogP contribution in [0.25, 0.3) is 0 Å². The number of methoxy groups -OCH3 is 1. The molecule has 1 fully saturated rings. The highest BCUT2D eigenvalue weighted by Crippen LogP contribution is 2.29. The lowest BCUT2D eigenvalue weighted by Crippen LogP contribution is -2.52. The second kappa shape index (κ2) is 9.62. The third kappa shape index (κ3) is 4.91. The second-order valence-corrected chi connectivity index (χ2v) is 7.20. The van der Waals surface area contributed by atoms with Crippen LogP contribution in [0.3, 0.4) is 0 Å². The summed E-state index contributed by atoms with van der Waals surface area (Å²) in [4.78, 5) is 40.5. The van der Waals surface area contributed by atoms with Gasteiger partial charge in [0.25, 0.3) is 0 Å². The number of esters is 1. The monoisotopic (exact) mass is 416 g/mol. The summed E-state index contributed by atoms with van der Waals surface area (Å²) in [5.74, 6) is 0.266. The summed E-state index contributed by atoms with van der Waals surface area (Å²) in [5.41, 5.74) is 1.64. The molecule has 2 aliphatic heterocycles. The summed E-state index contributed by atoms with van der Waals surface area (Å²) in [6.45, 7) is 6.96. The van der Waals surface area contributed by atoms with E-state index < -0.39 is 12.0 Å². The molecule has 0 spiro atoms. The number of benzene rings is 1. The fraction of sp³-hybridized carbons (Fsp3) is 0.476. The van der Waals surface area contributed by atoms with E-state index in [1.165, 1.54) is 7.11 Å². The molecule has 1 atom stereocenters. The van der Waals surface area contributed by atoms with Crippen LogP contribution in [0.2, 0.25) is 0 Å². The van der Waals surface area contributed by atoms with E-state index in [4.69, 9.17) is 9.47 Å². The lowest BCUT2D eigenvalue weighted by molar-refractivity contribution is -0.136. The number of amides is 3. The van der Waals surface area contributed by atoms with E-state index >= 15 is 0 Å². The van der Waals surface area contributed by atoms with Gasteiger partial charge in [0.2, 0.25) is 5.91 Å². The molecule has 2 aliphatic rings. The number of hydrogen-bond acceptors (Lipinski definition) is 6. The molecule has 1 aromatic rings. The van der Waals surface area contributed by atoms with Gasteiger partial charge in [-0.15, -0.1) is 0 Å². The quantitative estimate of drug-likeness (QED) is 0.672. The number of carbonyl (C=O) groups is 3. The van der Waals surface area contributed by atoms with Crippen LogP contribution in [-0.4, -0.2) is 74.1 Å². The molecule has 162 valence electrons. The lowest BCUT2D eigenvalue weighted by Gasteiger charge is -2.36. The summed E-state index contributed by atoms with van der Waals surface area (Å²) < 4.78 is 10.5. The number of nitrogens with zero attached hydrogens (tertiary/aromatic N) is 2. The average molecular weight is 416 g/mol. The fourth-order valence-corrected chi connectivity index (χ4v) is 3.71. The second-order valence-electron chi connectivity index (χ2n) is 7.20. The van der Waals surface area contributed by atoms with E-state index in [1.807, 2.05) is 31.2 Å². The van der Waals surface area contributed by atoms with Crippen LogP contribution in [0.4, 0.5) is 4.79 Å². The predicted molar refractivity (Wildman–Crippen MR) is 110 cm³/mol. The van der Waals surface area contributed by atoms with Crippen molar-refractivity contribution in [1.82, 2.24) is 20.4 Å². The molecular weight excluding hydrogens is 388 g/mol. The Labute approximate surface area is 176 Å². The minimum atomic E-state index is -0.629. The summed E-state index contributed by atoms with van der Waals surface area (Å²) >= 11 is 0. The van der Waals surface area contributed by atoms with Crippen molar-refractivity contribution in [1.29, 1.82) is 0 Å². The third-order valence-corrected chi connectivity index (χ3v) is 5.28. The number of ether oxygens (including phenoxy) is 2. The molecule has 0 bridgehead atoms. The minimum absolute atomic E-state index is 0.0508. The van der Waals surface area contributed by atoms with Gasteiger partial charge in [0.15, 0.2) is 0 Å². The minimum Gasteiger partial charge on any atom is -0.494 e. The molecule has 3 rings (SSSR count). The average Bonchev–Trinajstić information content (AvgIpc) is 2.74. The van der Waals surface area contributed by atoms with Crippen molar-refractivity contribution >= 4 is 17.9 Å². The smallest absolute Gasteiger partial charge is 0.338 e. The number of nitrogens with one attached hydrogen (secondary N) is 2. The van der Waals surface area contributed by atoms with Gasteiger partial charge >= 0.3 is 12.0 Å². The Hall–Kier alpha value is -3.07. The van der Waals surface area contributed by atoms with Gasteiger partial charge in [0.1, 0.15) is 5.75 Å². The number of piperazine rings is 1. The van der Waals surface area contributed by atoms with E-state index in [0.29, 0.717) is 56.4 Å². The molecule has 30 heavy (non-hydrogen) atoms. The Morgan fingerprint density at radius 2 is 1.80 bits per heavy atom. The van der Waals surface area contributed by atoms with Gasteiger partial charge in [-0.25, -0.2) is 9.59 Å². The van der Waals surface area contributed by atoms with Crippen LogP contribution in [0.5, 0.6) is 5.75 Å². The first-order valence-electron chi connectivity index (χ1n) is 10.0. The molecule has 1 unspecified atom stereocenters. The maximum atomic E-state index is 12.7. The number of hydrogen-bond donors (Lipinski definition) is 2. The molecule has 9 heteroatoms. The molecule has 0 radical (unpaired) electrons. The fourth-order valence-electron chi connectivity index (χ4n) is 3.71. The molecular formula is C21H28N4O5. The standard InChI is InChI=1S/C21H28N4O5/c1-4-30-16-7-5-15(6-8-16)19-18(20(27)29-3)17(22-21(28)23-19)13-24-9-11-25(12-10-24)14(2)26/h5-8,19H,4,9-13H2,1-3H3,(H2,22,23,28). The van der Waals surface area contributed by atoms with Crippen molar-refractivity contribution in [3.63, 3.8) is 0 Å². The number of carbonyl (C=O) groups excluding carboxylic acids is 3. The van der Waals surface area contributed by atoms with Crippen molar-refractivity contribution in [2.75, 3.05) is 46.4 Å². The summed E-state index contributed by atoms with van der Waals surface area (Å²) in [6.07, 6.45) is 0. The van der Waals surface area contributed by atoms with Gasteiger partial charge in [-0.3, -0.25) is 9.69 Å². The van der Waals surface area contributed by atoms with Gasteiger partial charge < -0.3 is 25.0 Å². The van der Waals surface area contributed by atoms with Crippen LogP contribution >= 0.6 is 0 Å². The number of urea groups is 1. The lowest BCUT2D eigenvalue weighted by atomic mass is 9.95.